The van der Waals surface area contributed by atoms with Gasteiger partial charge < -0.3 is 0 Å². The van der Waals surface area contributed by atoms with Gasteiger partial charge in [-0.3, -0.25) is 9.58 Å². The minimum Gasteiger partial charge on any atom is -0.294 e. The maximum absolute atomic E-state index is 4.60. The second kappa shape index (κ2) is 7.23. The second-order valence-electron chi connectivity index (χ2n) is 5.31. The van der Waals surface area contributed by atoms with Gasteiger partial charge in [0.1, 0.15) is 0 Å². The molecule has 1 atom stereocenters. The molecule has 0 N–H and O–H groups in total. The van der Waals surface area contributed by atoms with Gasteiger partial charge in [0.2, 0.25) is 0 Å². The van der Waals surface area contributed by atoms with E-state index in [2.05, 4.69) is 55.8 Å². The van der Waals surface area contributed by atoms with E-state index in [4.69, 9.17) is 0 Å². The zero-order chi connectivity index (χ0) is 13.8. The molecule has 0 amide bonds. The Balaban J connectivity index is 2.16. The van der Waals surface area contributed by atoms with Gasteiger partial charge in [0.15, 0.2) is 0 Å². The number of likely N-dealkylation sites (tertiary alicyclic amines) is 1. The van der Waals surface area contributed by atoms with Gasteiger partial charge in [0.25, 0.3) is 0 Å². The minimum absolute atomic E-state index is 0.661. The number of halogens is 2. The first-order valence-corrected chi connectivity index (χ1v) is 9.09. The highest BCUT2D eigenvalue weighted by Crippen LogP contribution is 2.26. The first-order valence-electron chi connectivity index (χ1n) is 7.17. The smallest absolute Gasteiger partial charge is 0.0767 e. The third-order valence-electron chi connectivity index (χ3n) is 4.03. The Morgan fingerprint density at radius 3 is 2.74 bits per heavy atom. The van der Waals surface area contributed by atoms with Gasteiger partial charge in [-0.1, -0.05) is 35.7 Å². The third-order valence-corrected chi connectivity index (χ3v) is 5.70. The first-order chi connectivity index (χ1) is 9.17. The molecule has 3 nitrogen and oxygen atoms in total. The summed E-state index contributed by atoms with van der Waals surface area (Å²) in [7, 11) is 2.06. The molecule has 0 spiro atoms. The van der Waals surface area contributed by atoms with Gasteiger partial charge in [0.05, 0.1) is 15.9 Å². The molecule has 1 saturated heterocycles. The third kappa shape index (κ3) is 3.61. The topological polar surface area (TPSA) is 21.1 Å². The lowest BCUT2D eigenvalue weighted by Gasteiger charge is -2.28. The summed E-state index contributed by atoms with van der Waals surface area (Å²) >= 11 is 7.41. The Labute approximate surface area is 133 Å². The van der Waals surface area contributed by atoms with Gasteiger partial charge >= 0.3 is 0 Å². The van der Waals surface area contributed by atoms with Crippen molar-refractivity contribution in [1.29, 1.82) is 0 Å². The summed E-state index contributed by atoms with van der Waals surface area (Å²) in [6, 6.07) is 0.661. The molecule has 2 rings (SSSR count). The van der Waals surface area contributed by atoms with Gasteiger partial charge in [0, 0.05) is 25.0 Å². The van der Waals surface area contributed by atoms with Crippen molar-refractivity contribution in [1.82, 2.24) is 14.7 Å². The highest BCUT2D eigenvalue weighted by atomic mass is 79.9. The molecule has 0 aromatic carbocycles. The van der Waals surface area contributed by atoms with Crippen LogP contribution in [0.2, 0.25) is 0 Å². The summed E-state index contributed by atoms with van der Waals surface area (Å²) in [5, 5.41) is 5.67. The molecule has 19 heavy (non-hydrogen) atoms. The highest BCUT2D eigenvalue weighted by molar-refractivity contribution is 9.10. The molecule has 0 aliphatic carbocycles. The van der Waals surface area contributed by atoms with E-state index in [9.17, 15) is 0 Å². The molecule has 1 fully saturated rings. The number of rotatable bonds is 4. The van der Waals surface area contributed by atoms with Crippen LogP contribution in [0.1, 0.15) is 44.0 Å². The summed E-state index contributed by atoms with van der Waals surface area (Å²) < 4.78 is 3.24. The van der Waals surface area contributed by atoms with E-state index < -0.39 is 0 Å². The molecule has 2 heterocycles. The second-order valence-corrected chi connectivity index (χ2v) is 6.75. The zero-order valence-corrected chi connectivity index (χ0v) is 15.0. The van der Waals surface area contributed by atoms with Crippen LogP contribution in [0.3, 0.4) is 0 Å². The standard InChI is InChI=1S/C14H23Br2N3/c1-3-12-14(16)13(18(2)17-12)10-19-8-6-4-5-7-11(19)9-15/h11H,3-10H2,1-2H3. The Bertz CT molecular complexity index is 417. The van der Waals surface area contributed by atoms with Crippen LogP contribution in [-0.2, 0) is 20.0 Å². The largest absolute Gasteiger partial charge is 0.294 e. The Morgan fingerprint density at radius 1 is 1.32 bits per heavy atom. The van der Waals surface area contributed by atoms with E-state index in [0.717, 1.165) is 18.3 Å². The molecule has 0 bridgehead atoms. The zero-order valence-electron chi connectivity index (χ0n) is 11.8. The van der Waals surface area contributed by atoms with Crippen molar-refractivity contribution >= 4 is 31.9 Å². The molecule has 1 aliphatic rings. The van der Waals surface area contributed by atoms with Crippen LogP contribution in [-0.4, -0.2) is 32.6 Å². The van der Waals surface area contributed by atoms with Crippen molar-refractivity contribution in [3.05, 3.63) is 15.9 Å². The van der Waals surface area contributed by atoms with E-state index in [1.54, 1.807) is 0 Å². The van der Waals surface area contributed by atoms with Crippen LogP contribution < -0.4 is 0 Å². The molecule has 108 valence electrons. The molecule has 0 radical (unpaired) electrons. The summed E-state index contributed by atoms with van der Waals surface area (Å²) in [4.78, 5) is 2.61. The monoisotopic (exact) mass is 391 g/mol. The van der Waals surface area contributed by atoms with Crippen molar-refractivity contribution in [2.24, 2.45) is 7.05 Å². The average molecular weight is 393 g/mol. The van der Waals surface area contributed by atoms with Gasteiger partial charge in [-0.05, 0) is 41.7 Å². The Morgan fingerprint density at radius 2 is 2.11 bits per heavy atom. The van der Waals surface area contributed by atoms with Crippen LogP contribution in [0.25, 0.3) is 0 Å². The normalized spacial score (nSPS) is 21.6. The number of aromatic nitrogens is 2. The van der Waals surface area contributed by atoms with Crippen molar-refractivity contribution in [3.63, 3.8) is 0 Å². The fraction of sp³-hybridized carbons (Fsp3) is 0.786. The van der Waals surface area contributed by atoms with Crippen molar-refractivity contribution < 1.29 is 0 Å². The summed E-state index contributed by atoms with van der Waals surface area (Å²) in [6.45, 7) is 4.36. The fourth-order valence-electron chi connectivity index (χ4n) is 2.80. The number of alkyl halides is 1. The van der Waals surface area contributed by atoms with Crippen LogP contribution >= 0.6 is 31.9 Å². The van der Waals surface area contributed by atoms with E-state index >= 15 is 0 Å². The van der Waals surface area contributed by atoms with E-state index in [-0.39, 0.29) is 0 Å². The summed E-state index contributed by atoms with van der Waals surface area (Å²) in [5.74, 6) is 0. The van der Waals surface area contributed by atoms with Crippen LogP contribution in [0, 0.1) is 0 Å². The predicted octanol–water partition coefficient (Wildman–Crippen LogP) is 3.88. The highest BCUT2D eigenvalue weighted by Gasteiger charge is 2.23. The van der Waals surface area contributed by atoms with Gasteiger partial charge in [-0.15, -0.1) is 0 Å². The quantitative estimate of drug-likeness (QED) is 0.724. The van der Waals surface area contributed by atoms with E-state index in [1.165, 1.54) is 48.1 Å². The van der Waals surface area contributed by atoms with Crippen molar-refractivity contribution in [2.75, 3.05) is 11.9 Å². The number of nitrogens with zero attached hydrogens (tertiary/aromatic N) is 3. The fourth-order valence-corrected chi connectivity index (χ4v) is 4.28. The number of aryl methyl sites for hydroxylation is 2. The maximum Gasteiger partial charge on any atom is 0.0767 e. The molecule has 1 aliphatic heterocycles. The number of hydrogen-bond donors (Lipinski definition) is 0. The molecule has 0 saturated carbocycles. The Kier molecular flexibility index (Phi) is 5.90. The lowest BCUT2D eigenvalue weighted by atomic mass is 10.1. The molecular weight excluding hydrogens is 370 g/mol. The van der Waals surface area contributed by atoms with E-state index in [1.807, 2.05) is 4.68 Å². The van der Waals surface area contributed by atoms with Gasteiger partial charge in [-0.2, -0.15) is 5.10 Å². The van der Waals surface area contributed by atoms with Crippen LogP contribution in [0.15, 0.2) is 4.47 Å². The van der Waals surface area contributed by atoms with E-state index in [0.29, 0.717) is 6.04 Å². The first kappa shape index (κ1) is 15.5. The number of hydrogen-bond acceptors (Lipinski definition) is 2. The molecule has 1 aromatic rings. The molecule has 1 aromatic heterocycles. The lowest BCUT2D eigenvalue weighted by molar-refractivity contribution is 0.203. The van der Waals surface area contributed by atoms with Crippen molar-refractivity contribution in [2.45, 2.75) is 51.6 Å². The van der Waals surface area contributed by atoms with Crippen LogP contribution in [0.4, 0.5) is 0 Å². The Hall–Kier alpha value is 0.130. The van der Waals surface area contributed by atoms with Crippen molar-refractivity contribution in [3.8, 4) is 0 Å². The molecular formula is C14H23Br2N3. The van der Waals surface area contributed by atoms with Gasteiger partial charge in [-0.25, -0.2) is 0 Å². The average Bonchev–Trinajstić information content (AvgIpc) is 2.60. The van der Waals surface area contributed by atoms with Crippen LogP contribution in [0.5, 0.6) is 0 Å². The molecule has 5 heteroatoms. The summed E-state index contributed by atoms with van der Waals surface area (Å²) in [5.41, 5.74) is 2.48. The predicted molar refractivity (Wildman–Crippen MR) is 86.7 cm³/mol. The summed E-state index contributed by atoms with van der Waals surface area (Å²) in [6.07, 6.45) is 6.34. The molecule has 1 unspecified atom stereocenters. The lowest BCUT2D eigenvalue weighted by Crippen LogP contribution is -2.36. The SMILES string of the molecule is CCc1nn(C)c(CN2CCCCCC2CBr)c1Br. The minimum atomic E-state index is 0.661. The maximum atomic E-state index is 4.60.